The Morgan fingerprint density at radius 3 is 2.30 bits per heavy atom. The van der Waals surface area contributed by atoms with E-state index in [-0.39, 0.29) is 6.42 Å². The number of hydrogen-bond acceptors (Lipinski definition) is 0. The SMILES string of the molecule is FC(F)(F)[CH]CCC1CC1. The summed E-state index contributed by atoms with van der Waals surface area (Å²) in [5.41, 5.74) is 0. The average Bonchev–Trinajstić information content (AvgIpc) is 2.45. The van der Waals surface area contributed by atoms with Crippen molar-refractivity contribution in [2.45, 2.75) is 31.9 Å². The van der Waals surface area contributed by atoms with E-state index in [4.69, 9.17) is 0 Å². The smallest absolute Gasteiger partial charge is 0.171 e. The lowest BCUT2D eigenvalue weighted by molar-refractivity contribution is -0.0984. The molecule has 1 fully saturated rings. The van der Waals surface area contributed by atoms with Crippen LogP contribution in [0.4, 0.5) is 13.2 Å². The van der Waals surface area contributed by atoms with Gasteiger partial charge in [-0.05, 0) is 18.8 Å². The van der Waals surface area contributed by atoms with Gasteiger partial charge in [0, 0.05) is 0 Å². The van der Waals surface area contributed by atoms with Crippen molar-refractivity contribution in [1.29, 1.82) is 0 Å². The van der Waals surface area contributed by atoms with E-state index in [0.29, 0.717) is 12.3 Å². The monoisotopic (exact) mass is 151 g/mol. The Morgan fingerprint density at radius 1 is 1.30 bits per heavy atom. The topological polar surface area (TPSA) is 0 Å². The van der Waals surface area contributed by atoms with Gasteiger partial charge in [-0.1, -0.05) is 12.8 Å². The molecule has 1 radical (unpaired) electrons. The van der Waals surface area contributed by atoms with E-state index >= 15 is 0 Å². The van der Waals surface area contributed by atoms with Crippen molar-refractivity contribution < 1.29 is 13.2 Å². The van der Waals surface area contributed by atoms with Crippen LogP contribution in [0.2, 0.25) is 0 Å². The Balaban J connectivity index is 1.93. The Hall–Kier alpha value is -0.210. The molecule has 0 aromatic rings. The summed E-state index contributed by atoms with van der Waals surface area (Å²) >= 11 is 0. The summed E-state index contributed by atoms with van der Waals surface area (Å²) in [4.78, 5) is 0. The third-order valence-corrected chi connectivity index (χ3v) is 1.65. The normalized spacial score (nSPS) is 19.5. The van der Waals surface area contributed by atoms with Gasteiger partial charge < -0.3 is 0 Å². The van der Waals surface area contributed by atoms with Crippen LogP contribution in [0.15, 0.2) is 0 Å². The van der Waals surface area contributed by atoms with Gasteiger partial charge in [0.25, 0.3) is 0 Å². The van der Waals surface area contributed by atoms with Crippen molar-refractivity contribution in [3.63, 3.8) is 0 Å². The molecule has 0 bridgehead atoms. The lowest BCUT2D eigenvalue weighted by Crippen LogP contribution is -2.07. The highest BCUT2D eigenvalue weighted by molar-refractivity contribution is 4.80. The molecule has 1 aliphatic rings. The van der Waals surface area contributed by atoms with E-state index in [1.54, 1.807) is 0 Å². The van der Waals surface area contributed by atoms with Gasteiger partial charge in [0.05, 0.1) is 6.42 Å². The fourth-order valence-electron chi connectivity index (χ4n) is 0.889. The highest BCUT2D eigenvalue weighted by Crippen LogP contribution is 2.35. The Labute approximate surface area is 58.4 Å². The van der Waals surface area contributed by atoms with Crippen molar-refractivity contribution in [2.24, 2.45) is 5.92 Å². The van der Waals surface area contributed by atoms with Gasteiger partial charge in [0.15, 0.2) is 0 Å². The number of rotatable bonds is 3. The van der Waals surface area contributed by atoms with E-state index in [2.05, 4.69) is 0 Å². The largest absolute Gasteiger partial charge is 0.392 e. The number of alkyl halides is 3. The summed E-state index contributed by atoms with van der Waals surface area (Å²) in [5.74, 6) is 0.596. The van der Waals surface area contributed by atoms with Gasteiger partial charge in [0.2, 0.25) is 0 Å². The minimum absolute atomic E-state index is 0.203. The highest BCUT2D eigenvalue weighted by Gasteiger charge is 2.29. The summed E-state index contributed by atoms with van der Waals surface area (Å²) in [5, 5.41) is 0. The van der Waals surface area contributed by atoms with Crippen molar-refractivity contribution in [2.75, 3.05) is 0 Å². The summed E-state index contributed by atoms with van der Waals surface area (Å²) in [6, 6.07) is 0. The molecule has 0 aliphatic heterocycles. The molecule has 0 spiro atoms. The summed E-state index contributed by atoms with van der Waals surface area (Å²) in [6.07, 6.45) is -0.425. The summed E-state index contributed by atoms with van der Waals surface area (Å²) < 4.78 is 34.4. The average molecular weight is 151 g/mol. The first-order valence-corrected chi connectivity index (χ1v) is 3.49. The van der Waals surface area contributed by atoms with Crippen molar-refractivity contribution >= 4 is 0 Å². The molecule has 0 N–H and O–H groups in total. The molecule has 0 saturated heterocycles. The second-order valence-corrected chi connectivity index (χ2v) is 2.77. The first-order chi connectivity index (χ1) is 4.58. The predicted molar refractivity (Wildman–Crippen MR) is 32.3 cm³/mol. The molecule has 0 unspecified atom stereocenters. The van der Waals surface area contributed by atoms with Gasteiger partial charge in [-0.15, -0.1) is 0 Å². The molecule has 1 saturated carbocycles. The summed E-state index contributed by atoms with van der Waals surface area (Å²) in [7, 11) is 0. The predicted octanol–water partition coefficient (Wildman–Crippen LogP) is 2.94. The minimum Gasteiger partial charge on any atom is -0.171 e. The number of halogens is 3. The third kappa shape index (κ3) is 3.75. The molecule has 10 heavy (non-hydrogen) atoms. The Kier molecular flexibility index (Phi) is 2.21. The van der Waals surface area contributed by atoms with Gasteiger partial charge in [-0.25, -0.2) is 0 Å². The molecule has 1 rings (SSSR count). The molecule has 0 aromatic heterocycles. The van der Waals surface area contributed by atoms with E-state index in [0.717, 1.165) is 19.3 Å². The standard InChI is InChI=1S/C7H10F3/c8-7(9,10)5-1-2-6-3-4-6/h5-6H,1-4H2. The molecule has 0 amide bonds. The maximum Gasteiger partial charge on any atom is 0.392 e. The molecule has 0 nitrogen and oxygen atoms in total. The fraction of sp³-hybridized carbons (Fsp3) is 0.857. The molecular weight excluding hydrogens is 141 g/mol. The van der Waals surface area contributed by atoms with Gasteiger partial charge in [0.1, 0.15) is 0 Å². The number of hydrogen-bond donors (Lipinski definition) is 0. The van der Waals surface area contributed by atoms with E-state index in [9.17, 15) is 13.2 Å². The van der Waals surface area contributed by atoms with Crippen LogP contribution < -0.4 is 0 Å². The Bertz CT molecular complexity index is 102. The van der Waals surface area contributed by atoms with Crippen molar-refractivity contribution in [3.8, 4) is 0 Å². The van der Waals surface area contributed by atoms with E-state index in [1.807, 2.05) is 0 Å². The highest BCUT2D eigenvalue weighted by atomic mass is 19.4. The van der Waals surface area contributed by atoms with Crippen LogP contribution in [-0.2, 0) is 0 Å². The quantitative estimate of drug-likeness (QED) is 0.581. The van der Waals surface area contributed by atoms with Crippen LogP contribution in [0.3, 0.4) is 0 Å². The second kappa shape index (κ2) is 2.81. The molecule has 59 valence electrons. The van der Waals surface area contributed by atoms with Crippen LogP contribution in [0, 0.1) is 12.3 Å². The molecule has 0 aromatic carbocycles. The van der Waals surface area contributed by atoms with Gasteiger partial charge in [-0.3, -0.25) is 0 Å². The first-order valence-electron chi connectivity index (χ1n) is 3.49. The van der Waals surface area contributed by atoms with Crippen LogP contribution in [-0.4, -0.2) is 6.18 Å². The molecular formula is C7H10F3. The molecule has 0 heterocycles. The zero-order valence-corrected chi connectivity index (χ0v) is 5.62. The lowest BCUT2D eigenvalue weighted by atomic mass is 10.2. The van der Waals surface area contributed by atoms with Crippen LogP contribution >= 0.6 is 0 Å². The Morgan fingerprint density at radius 2 is 1.90 bits per heavy atom. The minimum atomic E-state index is -4.06. The third-order valence-electron chi connectivity index (χ3n) is 1.65. The fourth-order valence-corrected chi connectivity index (χ4v) is 0.889. The lowest BCUT2D eigenvalue weighted by Gasteiger charge is -2.03. The zero-order valence-electron chi connectivity index (χ0n) is 5.62. The molecule has 0 atom stereocenters. The molecule has 1 aliphatic carbocycles. The zero-order chi connectivity index (χ0) is 7.61. The van der Waals surface area contributed by atoms with Gasteiger partial charge in [-0.2, -0.15) is 13.2 Å². The van der Waals surface area contributed by atoms with E-state index in [1.165, 1.54) is 0 Å². The van der Waals surface area contributed by atoms with E-state index < -0.39 is 6.18 Å². The maximum atomic E-state index is 11.5. The van der Waals surface area contributed by atoms with Crippen LogP contribution in [0.25, 0.3) is 0 Å². The van der Waals surface area contributed by atoms with Crippen molar-refractivity contribution in [1.82, 2.24) is 0 Å². The first kappa shape index (κ1) is 7.89. The van der Waals surface area contributed by atoms with Crippen molar-refractivity contribution in [3.05, 3.63) is 6.42 Å². The molecule has 3 heteroatoms. The maximum absolute atomic E-state index is 11.5. The van der Waals surface area contributed by atoms with Crippen LogP contribution in [0.5, 0.6) is 0 Å². The second-order valence-electron chi connectivity index (χ2n) is 2.77. The van der Waals surface area contributed by atoms with Gasteiger partial charge >= 0.3 is 6.18 Å². The van der Waals surface area contributed by atoms with Crippen LogP contribution in [0.1, 0.15) is 25.7 Å². The summed E-state index contributed by atoms with van der Waals surface area (Å²) in [6.45, 7) is 0.